The van der Waals surface area contributed by atoms with Crippen molar-refractivity contribution in [3.63, 3.8) is 0 Å². The van der Waals surface area contributed by atoms with Crippen LogP contribution in [0.4, 0.5) is 4.39 Å². The number of aliphatic imine (C=N–C) groups is 1. The summed E-state index contributed by atoms with van der Waals surface area (Å²) in [5.74, 6) is -0.288. The molecular weight excluding hydrogens is 342 g/mol. The lowest BCUT2D eigenvalue weighted by molar-refractivity contribution is 0.627. The first-order valence-corrected chi connectivity index (χ1v) is 8.10. The predicted molar refractivity (Wildman–Crippen MR) is 92.8 cm³/mol. The second-order valence-electron chi connectivity index (χ2n) is 4.71. The van der Waals surface area contributed by atoms with Crippen molar-refractivity contribution >= 4 is 45.8 Å². The molecule has 0 unspecified atom stereocenters. The summed E-state index contributed by atoms with van der Waals surface area (Å²) in [5, 5.41) is 1.54. The Labute approximate surface area is 141 Å². The lowest BCUT2D eigenvalue weighted by Gasteiger charge is -2.20. The highest BCUT2D eigenvalue weighted by atomic mass is 35.5. The molecule has 0 saturated heterocycles. The lowest BCUT2D eigenvalue weighted by atomic mass is 10.1. The van der Waals surface area contributed by atoms with Crippen LogP contribution >= 0.6 is 35.0 Å². The first-order chi connectivity index (χ1) is 10.5. The number of nitrogens with two attached hydrogens (primary N) is 1. The lowest BCUT2D eigenvalue weighted by Crippen LogP contribution is -2.13. The quantitative estimate of drug-likeness (QED) is 0.798. The summed E-state index contributed by atoms with van der Waals surface area (Å²) in [7, 11) is 0. The van der Waals surface area contributed by atoms with E-state index in [1.54, 1.807) is 24.3 Å². The summed E-state index contributed by atoms with van der Waals surface area (Å²) in [6.45, 7) is 0. The van der Waals surface area contributed by atoms with Gasteiger partial charge in [-0.1, -0.05) is 41.0 Å². The van der Waals surface area contributed by atoms with Crippen LogP contribution in [0.15, 0.2) is 53.5 Å². The zero-order valence-corrected chi connectivity index (χ0v) is 13.6. The van der Waals surface area contributed by atoms with Gasteiger partial charge in [-0.25, -0.2) is 9.38 Å². The molecule has 1 heterocycles. The Kier molecular flexibility index (Phi) is 4.43. The van der Waals surface area contributed by atoms with E-state index in [-0.39, 0.29) is 11.1 Å². The highest BCUT2D eigenvalue weighted by molar-refractivity contribution is 8.14. The van der Waals surface area contributed by atoms with Crippen LogP contribution in [-0.4, -0.2) is 5.17 Å². The highest BCUT2D eigenvalue weighted by Gasteiger charge is 2.21. The van der Waals surface area contributed by atoms with Crippen LogP contribution < -0.4 is 5.73 Å². The minimum absolute atomic E-state index is 0.0673. The van der Waals surface area contributed by atoms with Crippen molar-refractivity contribution in [3.05, 3.63) is 75.5 Å². The molecule has 0 amide bonds. The largest absolute Gasteiger partial charge is 0.378 e. The molecule has 22 heavy (non-hydrogen) atoms. The van der Waals surface area contributed by atoms with Gasteiger partial charge in [0.2, 0.25) is 0 Å². The van der Waals surface area contributed by atoms with Crippen molar-refractivity contribution in [1.29, 1.82) is 0 Å². The summed E-state index contributed by atoms with van der Waals surface area (Å²) in [6.07, 6.45) is 1.96. The molecule has 2 aromatic rings. The van der Waals surface area contributed by atoms with E-state index in [4.69, 9.17) is 28.9 Å². The van der Waals surface area contributed by atoms with E-state index >= 15 is 0 Å². The summed E-state index contributed by atoms with van der Waals surface area (Å²) in [6, 6.07) is 11.5. The van der Waals surface area contributed by atoms with E-state index in [1.165, 1.54) is 23.9 Å². The molecule has 2 aromatic carbocycles. The smallest absolute Gasteiger partial charge is 0.160 e. The van der Waals surface area contributed by atoms with Crippen LogP contribution in [0.2, 0.25) is 10.0 Å². The normalized spacial score (nSPS) is 17.9. The molecule has 2 nitrogen and oxygen atoms in total. The van der Waals surface area contributed by atoms with Crippen LogP contribution in [0.1, 0.15) is 16.4 Å². The average Bonchev–Trinajstić information content (AvgIpc) is 2.47. The van der Waals surface area contributed by atoms with Crippen molar-refractivity contribution < 1.29 is 4.39 Å². The molecule has 0 spiro atoms. The Bertz CT molecular complexity index is 772. The fourth-order valence-corrected chi connectivity index (χ4v) is 3.69. The minimum atomic E-state index is -0.288. The molecule has 0 saturated carbocycles. The molecule has 0 aliphatic carbocycles. The Hall–Kier alpha value is -1.49. The summed E-state index contributed by atoms with van der Waals surface area (Å²) in [5.41, 5.74) is 8.35. The summed E-state index contributed by atoms with van der Waals surface area (Å²) >= 11 is 13.6. The third-order valence-electron chi connectivity index (χ3n) is 3.20. The standard InChI is InChI=1S/C16H11Cl2FN2S/c17-10-3-6-12(13(18)7-10)15-8-14(21-16(20)22-15)9-1-4-11(19)5-2-9/h1-8,15H,(H2,20,21)/t15-/m0/s1. The molecular formula is C16H11Cl2FN2S. The van der Waals surface area contributed by atoms with Gasteiger partial charge in [0.15, 0.2) is 5.17 Å². The molecule has 3 rings (SSSR count). The van der Waals surface area contributed by atoms with Crippen LogP contribution in [0.25, 0.3) is 5.70 Å². The molecule has 6 heteroatoms. The van der Waals surface area contributed by atoms with Crippen LogP contribution in [0.5, 0.6) is 0 Å². The van der Waals surface area contributed by atoms with Gasteiger partial charge >= 0.3 is 0 Å². The van der Waals surface area contributed by atoms with Gasteiger partial charge in [-0.3, -0.25) is 0 Å². The number of rotatable bonds is 2. The molecule has 112 valence electrons. The maximum Gasteiger partial charge on any atom is 0.160 e. The first-order valence-electron chi connectivity index (χ1n) is 6.46. The predicted octanol–water partition coefficient (Wildman–Crippen LogP) is 5.28. The van der Waals surface area contributed by atoms with Crippen LogP contribution in [0, 0.1) is 5.82 Å². The van der Waals surface area contributed by atoms with Crippen molar-refractivity contribution in [2.45, 2.75) is 5.25 Å². The molecule has 1 atom stereocenters. The van der Waals surface area contributed by atoms with E-state index in [1.807, 2.05) is 12.1 Å². The van der Waals surface area contributed by atoms with Gasteiger partial charge in [0.25, 0.3) is 0 Å². The third-order valence-corrected chi connectivity index (χ3v) is 4.74. The van der Waals surface area contributed by atoms with Gasteiger partial charge in [-0.15, -0.1) is 0 Å². The molecule has 0 aromatic heterocycles. The summed E-state index contributed by atoms with van der Waals surface area (Å²) in [4.78, 5) is 4.33. The number of thioether (sulfide) groups is 1. The number of benzene rings is 2. The van der Waals surface area contributed by atoms with Gasteiger partial charge in [0.05, 0.1) is 10.9 Å². The Morgan fingerprint density at radius 3 is 2.50 bits per heavy atom. The highest BCUT2D eigenvalue weighted by Crippen LogP contribution is 2.40. The van der Waals surface area contributed by atoms with E-state index < -0.39 is 0 Å². The van der Waals surface area contributed by atoms with Gasteiger partial charge in [0.1, 0.15) is 5.82 Å². The number of nitrogens with zero attached hydrogens (tertiary/aromatic N) is 1. The fourth-order valence-electron chi connectivity index (χ4n) is 2.16. The van der Waals surface area contributed by atoms with Gasteiger partial charge < -0.3 is 5.73 Å². The molecule has 1 aliphatic heterocycles. The first kappa shape index (κ1) is 15.4. The molecule has 1 aliphatic rings. The van der Waals surface area contributed by atoms with Crippen LogP contribution in [0.3, 0.4) is 0 Å². The third kappa shape index (κ3) is 3.29. The molecule has 0 radical (unpaired) electrons. The SMILES string of the molecule is NC1=NC(c2ccc(F)cc2)=C[C@@H](c2ccc(Cl)cc2Cl)S1. The van der Waals surface area contributed by atoms with Gasteiger partial charge in [-0.2, -0.15) is 0 Å². The average molecular weight is 353 g/mol. The number of hydrogen-bond acceptors (Lipinski definition) is 3. The summed E-state index contributed by atoms with van der Waals surface area (Å²) < 4.78 is 13.0. The van der Waals surface area contributed by atoms with E-state index in [0.29, 0.717) is 20.9 Å². The molecule has 0 fully saturated rings. The van der Waals surface area contributed by atoms with Gasteiger partial charge in [-0.05, 0) is 48.0 Å². The van der Waals surface area contributed by atoms with Gasteiger partial charge in [0, 0.05) is 15.6 Å². The maximum atomic E-state index is 13.0. The Morgan fingerprint density at radius 2 is 1.82 bits per heavy atom. The monoisotopic (exact) mass is 352 g/mol. The number of hydrogen-bond donors (Lipinski definition) is 1. The topological polar surface area (TPSA) is 38.4 Å². The molecule has 2 N–H and O–H groups in total. The molecule has 0 bridgehead atoms. The second kappa shape index (κ2) is 6.32. The van der Waals surface area contributed by atoms with E-state index in [0.717, 1.165) is 11.1 Å². The zero-order chi connectivity index (χ0) is 15.7. The fraction of sp³-hybridized carbons (Fsp3) is 0.0625. The van der Waals surface area contributed by atoms with E-state index in [2.05, 4.69) is 4.99 Å². The van der Waals surface area contributed by atoms with Crippen molar-refractivity contribution in [3.8, 4) is 0 Å². The van der Waals surface area contributed by atoms with Crippen molar-refractivity contribution in [2.24, 2.45) is 10.7 Å². The van der Waals surface area contributed by atoms with E-state index in [9.17, 15) is 4.39 Å². The minimum Gasteiger partial charge on any atom is -0.378 e. The van der Waals surface area contributed by atoms with Crippen molar-refractivity contribution in [2.75, 3.05) is 0 Å². The van der Waals surface area contributed by atoms with Crippen molar-refractivity contribution in [1.82, 2.24) is 0 Å². The number of amidine groups is 1. The Morgan fingerprint density at radius 1 is 1.09 bits per heavy atom. The number of halogens is 3. The van der Waals surface area contributed by atoms with Crippen LogP contribution in [-0.2, 0) is 0 Å². The zero-order valence-electron chi connectivity index (χ0n) is 11.3. The second-order valence-corrected chi connectivity index (χ2v) is 6.72. The maximum absolute atomic E-state index is 13.0. The Balaban J connectivity index is 2.00.